The van der Waals surface area contributed by atoms with Crippen molar-refractivity contribution in [2.45, 2.75) is 12.3 Å². The van der Waals surface area contributed by atoms with Crippen molar-refractivity contribution in [3.63, 3.8) is 0 Å². The van der Waals surface area contributed by atoms with Gasteiger partial charge in [-0.3, -0.25) is 4.79 Å². The van der Waals surface area contributed by atoms with Crippen LogP contribution in [-0.2, 0) is 11.2 Å². The van der Waals surface area contributed by atoms with Gasteiger partial charge in [0.25, 0.3) is 0 Å². The van der Waals surface area contributed by atoms with Gasteiger partial charge >= 0.3 is 0 Å². The molecule has 3 rings (SSSR count). The Morgan fingerprint density at radius 3 is 2.58 bits per heavy atom. The zero-order chi connectivity index (χ0) is 16.9. The fraction of sp³-hybridized carbons (Fsp3) is 0.350. The molecule has 1 aliphatic heterocycles. The van der Waals surface area contributed by atoms with Gasteiger partial charge in [0.05, 0.1) is 5.92 Å². The molecule has 1 amide bonds. The van der Waals surface area contributed by atoms with Gasteiger partial charge < -0.3 is 10.2 Å². The summed E-state index contributed by atoms with van der Waals surface area (Å²) >= 11 is 0. The quantitative estimate of drug-likeness (QED) is 0.916. The third kappa shape index (κ3) is 3.82. The highest BCUT2D eigenvalue weighted by atomic mass is 19.1. The lowest BCUT2D eigenvalue weighted by atomic mass is 9.88. The largest absolute Gasteiger partial charge is 0.355 e. The van der Waals surface area contributed by atoms with E-state index in [2.05, 4.69) is 22.3 Å². The van der Waals surface area contributed by atoms with Gasteiger partial charge in [0, 0.05) is 25.6 Å². The van der Waals surface area contributed by atoms with Crippen molar-refractivity contribution in [3.05, 3.63) is 71.5 Å². The van der Waals surface area contributed by atoms with E-state index in [0.717, 1.165) is 13.1 Å². The van der Waals surface area contributed by atoms with Crippen molar-refractivity contribution >= 4 is 5.91 Å². The number of carbonyl (C=O) groups is 1. The van der Waals surface area contributed by atoms with E-state index in [-0.39, 0.29) is 23.6 Å². The minimum atomic E-state index is -0.213. The lowest BCUT2D eigenvalue weighted by Gasteiger charge is -2.18. The summed E-state index contributed by atoms with van der Waals surface area (Å²) in [6.07, 6.45) is 0.511. The zero-order valence-corrected chi connectivity index (χ0v) is 13.9. The predicted octanol–water partition coefficient (Wildman–Crippen LogP) is 2.83. The number of likely N-dealkylation sites (N-methyl/N-ethyl adjacent to an activating group) is 1. The molecular formula is C20H23FN2O. The molecule has 2 atom stereocenters. The van der Waals surface area contributed by atoms with E-state index in [0.29, 0.717) is 18.5 Å². The first-order chi connectivity index (χ1) is 11.6. The summed E-state index contributed by atoms with van der Waals surface area (Å²) < 4.78 is 13.6. The van der Waals surface area contributed by atoms with Crippen molar-refractivity contribution in [3.8, 4) is 0 Å². The van der Waals surface area contributed by atoms with Crippen LogP contribution >= 0.6 is 0 Å². The van der Waals surface area contributed by atoms with Crippen LogP contribution in [0.4, 0.5) is 4.39 Å². The Hall–Kier alpha value is -2.20. The van der Waals surface area contributed by atoms with Crippen LogP contribution in [0.2, 0.25) is 0 Å². The molecule has 1 N–H and O–H groups in total. The standard InChI is InChI=1S/C20H23FN2O/c1-23-13-17(15-7-3-2-4-8-15)18(14-23)20(24)22-12-11-16-9-5-6-10-19(16)21/h2-10,17-18H,11-14H2,1H3,(H,22,24)/t17-,18-/m1/s1. The second-order valence-corrected chi connectivity index (χ2v) is 6.48. The number of hydrogen-bond donors (Lipinski definition) is 1. The summed E-state index contributed by atoms with van der Waals surface area (Å²) in [6, 6.07) is 16.9. The molecule has 2 aromatic rings. The molecular weight excluding hydrogens is 303 g/mol. The second-order valence-electron chi connectivity index (χ2n) is 6.48. The molecule has 0 radical (unpaired) electrons. The maximum atomic E-state index is 13.6. The number of nitrogens with zero attached hydrogens (tertiary/aromatic N) is 1. The maximum Gasteiger partial charge on any atom is 0.225 e. The molecule has 24 heavy (non-hydrogen) atoms. The summed E-state index contributed by atoms with van der Waals surface area (Å²) in [4.78, 5) is 14.8. The molecule has 0 spiro atoms. The third-order valence-corrected chi connectivity index (χ3v) is 4.72. The van der Waals surface area contributed by atoms with Gasteiger partial charge in [-0.05, 0) is 30.7 Å². The van der Waals surface area contributed by atoms with Crippen molar-refractivity contribution in [2.24, 2.45) is 5.92 Å². The monoisotopic (exact) mass is 326 g/mol. The fourth-order valence-electron chi connectivity index (χ4n) is 3.46. The first kappa shape index (κ1) is 16.7. The average Bonchev–Trinajstić information content (AvgIpc) is 2.99. The highest BCUT2D eigenvalue weighted by Gasteiger charge is 2.36. The molecule has 1 aliphatic rings. The Morgan fingerprint density at radius 2 is 1.83 bits per heavy atom. The third-order valence-electron chi connectivity index (χ3n) is 4.72. The maximum absolute atomic E-state index is 13.6. The SMILES string of the molecule is CN1C[C@H](c2ccccc2)[C@H](C(=O)NCCc2ccccc2F)C1. The molecule has 0 bridgehead atoms. The number of likely N-dealkylation sites (tertiary alicyclic amines) is 1. The van der Waals surface area contributed by atoms with E-state index in [4.69, 9.17) is 0 Å². The van der Waals surface area contributed by atoms with Crippen LogP contribution in [0, 0.1) is 11.7 Å². The molecule has 0 aliphatic carbocycles. The Bertz CT molecular complexity index is 689. The second kappa shape index (κ2) is 7.58. The molecule has 126 valence electrons. The van der Waals surface area contributed by atoms with E-state index in [1.807, 2.05) is 31.3 Å². The molecule has 4 heteroatoms. The fourth-order valence-corrected chi connectivity index (χ4v) is 3.46. The smallest absolute Gasteiger partial charge is 0.225 e. The zero-order valence-electron chi connectivity index (χ0n) is 13.9. The number of rotatable bonds is 5. The minimum absolute atomic E-state index is 0.0574. The molecule has 1 fully saturated rings. The van der Waals surface area contributed by atoms with Crippen LogP contribution in [0.25, 0.3) is 0 Å². The van der Waals surface area contributed by atoms with E-state index >= 15 is 0 Å². The van der Waals surface area contributed by atoms with Gasteiger partial charge in [0.15, 0.2) is 0 Å². The average molecular weight is 326 g/mol. The molecule has 0 saturated carbocycles. The first-order valence-electron chi connectivity index (χ1n) is 8.40. The van der Waals surface area contributed by atoms with Crippen molar-refractivity contribution < 1.29 is 9.18 Å². The Labute approximate surface area is 142 Å². The van der Waals surface area contributed by atoms with Gasteiger partial charge in [-0.25, -0.2) is 4.39 Å². The highest BCUT2D eigenvalue weighted by Crippen LogP contribution is 2.31. The molecule has 2 aromatic carbocycles. The molecule has 1 saturated heterocycles. The summed E-state index contributed by atoms with van der Waals surface area (Å²) in [5.41, 5.74) is 1.84. The topological polar surface area (TPSA) is 32.3 Å². The van der Waals surface area contributed by atoms with Crippen molar-refractivity contribution in [1.29, 1.82) is 0 Å². The van der Waals surface area contributed by atoms with Crippen molar-refractivity contribution in [1.82, 2.24) is 10.2 Å². The van der Waals surface area contributed by atoms with Crippen LogP contribution < -0.4 is 5.32 Å². The number of nitrogens with one attached hydrogen (secondary N) is 1. The van der Waals surface area contributed by atoms with E-state index in [1.165, 1.54) is 11.6 Å². The van der Waals surface area contributed by atoms with Crippen LogP contribution in [0.3, 0.4) is 0 Å². The van der Waals surface area contributed by atoms with E-state index in [9.17, 15) is 9.18 Å². The van der Waals surface area contributed by atoms with Gasteiger partial charge in [0.2, 0.25) is 5.91 Å². The van der Waals surface area contributed by atoms with Crippen LogP contribution in [0.15, 0.2) is 54.6 Å². The van der Waals surface area contributed by atoms with Crippen LogP contribution in [0.5, 0.6) is 0 Å². The number of hydrogen-bond acceptors (Lipinski definition) is 2. The lowest BCUT2D eigenvalue weighted by molar-refractivity contribution is -0.124. The van der Waals surface area contributed by atoms with Crippen LogP contribution in [-0.4, -0.2) is 37.5 Å². The number of benzene rings is 2. The number of amides is 1. The summed E-state index contributed by atoms with van der Waals surface area (Å²) in [5, 5.41) is 2.99. The van der Waals surface area contributed by atoms with Crippen molar-refractivity contribution in [2.75, 3.05) is 26.7 Å². The van der Waals surface area contributed by atoms with E-state index < -0.39 is 0 Å². The highest BCUT2D eigenvalue weighted by molar-refractivity contribution is 5.80. The van der Waals surface area contributed by atoms with Crippen LogP contribution in [0.1, 0.15) is 17.0 Å². The predicted molar refractivity (Wildman–Crippen MR) is 93.3 cm³/mol. The molecule has 0 aromatic heterocycles. The minimum Gasteiger partial charge on any atom is -0.355 e. The Balaban J connectivity index is 1.60. The molecule has 3 nitrogen and oxygen atoms in total. The van der Waals surface area contributed by atoms with Gasteiger partial charge in [-0.2, -0.15) is 0 Å². The lowest BCUT2D eigenvalue weighted by Crippen LogP contribution is -2.35. The summed E-state index contributed by atoms with van der Waals surface area (Å²) in [6.45, 7) is 2.10. The number of carbonyl (C=O) groups excluding carboxylic acids is 1. The summed E-state index contributed by atoms with van der Waals surface area (Å²) in [5.74, 6) is 0.00161. The molecule has 0 unspecified atom stereocenters. The van der Waals surface area contributed by atoms with Gasteiger partial charge in [-0.1, -0.05) is 48.5 Å². The Morgan fingerprint density at radius 1 is 1.12 bits per heavy atom. The first-order valence-corrected chi connectivity index (χ1v) is 8.40. The normalized spacial score (nSPS) is 20.9. The van der Waals surface area contributed by atoms with E-state index in [1.54, 1.807) is 12.1 Å². The summed E-state index contributed by atoms with van der Waals surface area (Å²) in [7, 11) is 2.04. The van der Waals surface area contributed by atoms with Gasteiger partial charge in [-0.15, -0.1) is 0 Å². The van der Waals surface area contributed by atoms with Gasteiger partial charge in [0.1, 0.15) is 5.82 Å². The Kier molecular flexibility index (Phi) is 5.26. The number of halogens is 1. The molecule has 1 heterocycles.